The van der Waals surface area contributed by atoms with Gasteiger partial charge in [0.2, 0.25) is 0 Å². The van der Waals surface area contributed by atoms with Gasteiger partial charge in [-0.1, -0.05) is 49.1 Å². The highest BCUT2D eigenvalue weighted by Crippen LogP contribution is 2.27. The van der Waals surface area contributed by atoms with Crippen LogP contribution in [0.15, 0.2) is 79.6 Å². The number of halogens is 1. The molecule has 1 heterocycles. The van der Waals surface area contributed by atoms with Crippen LogP contribution in [0.1, 0.15) is 16.7 Å². The topological polar surface area (TPSA) is 58.8 Å². The summed E-state index contributed by atoms with van der Waals surface area (Å²) in [5.41, 5.74) is 3.18. The average molecular weight is 409 g/mol. The second-order valence-electron chi connectivity index (χ2n) is 7.13. The molecule has 0 amide bonds. The predicted molar refractivity (Wildman–Crippen MR) is 119 cm³/mol. The SMILES string of the molecule is C=CCOc1cnc(-c2ccc3c(F)c(CCc4ccc(C#N)cc4)ccc3c2)nc1. The molecular formula is C26H20FN3O. The second-order valence-corrected chi connectivity index (χ2v) is 7.13. The largest absolute Gasteiger partial charge is 0.486 e. The first-order valence-corrected chi connectivity index (χ1v) is 9.94. The smallest absolute Gasteiger partial charge is 0.159 e. The summed E-state index contributed by atoms with van der Waals surface area (Å²) in [7, 11) is 0. The summed E-state index contributed by atoms with van der Waals surface area (Å²) in [4.78, 5) is 8.68. The molecule has 0 radical (unpaired) electrons. The van der Waals surface area contributed by atoms with Gasteiger partial charge in [0.05, 0.1) is 24.0 Å². The van der Waals surface area contributed by atoms with Gasteiger partial charge in [0, 0.05) is 10.9 Å². The highest BCUT2D eigenvalue weighted by molar-refractivity contribution is 5.87. The molecule has 0 aliphatic carbocycles. The van der Waals surface area contributed by atoms with Crippen molar-refractivity contribution in [2.75, 3.05) is 6.61 Å². The molecule has 0 saturated carbocycles. The lowest BCUT2D eigenvalue weighted by atomic mass is 9.98. The molecule has 1 aromatic heterocycles. The van der Waals surface area contributed by atoms with Crippen LogP contribution in [0.5, 0.6) is 5.75 Å². The molecule has 0 atom stereocenters. The Bertz CT molecular complexity index is 1260. The zero-order chi connectivity index (χ0) is 21.6. The molecule has 0 unspecified atom stereocenters. The van der Waals surface area contributed by atoms with E-state index in [-0.39, 0.29) is 5.82 Å². The van der Waals surface area contributed by atoms with Gasteiger partial charge in [-0.15, -0.1) is 0 Å². The number of ether oxygens (including phenoxy) is 1. The lowest BCUT2D eigenvalue weighted by molar-refractivity contribution is 0.360. The van der Waals surface area contributed by atoms with Crippen LogP contribution in [0.2, 0.25) is 0 Å². The molecule has 31 heavy (non-hydrogen) atoms. The van der Waals surface area contributed by atoms with E-state index in [1.165, 1.54) is 0 Å². The minimum atomic E-state index is -0.202. The summed E-state index contributed by atoms with van der Waals surface area (Å²) in [6.07, 6.45) is 6.18. The molecule has 0 bridgehead atoms. The van der Waals surface area contributed by atoms with Crippen LogP contribution >= 0.6 is 0 Å². The standard InChI is InChI=1S/C26H20FN3O/c1-2-13-31-23-16-29-26(30-17-23)22-11-12-24-21(14-22)10-9-20(25(24)27)8-7-18-3-5-19(15-28)6-4-18/h2-6,9-12,14,16-17H,1,7-8,13H2. The molecule has 4 nitrogen and oxygen atoms in total. The van der Waals surface area contributed by atoms with E-state index in [1.54, 1.807) is 36.7 Å². The van der Waals surface area contributed by atoms with Crippen molar-refractivity contribution in [1.82, 2.24) is 9.97 Å². The van der Waals surface area contributed by atoms with Gasteiger partial charge in [-0.3, -0.25) is 0 Å². The van der Waals surface area contributed by atoms with E-state index in [0.29, 0.717) is 47.5 Å². The summed E-state index contributed by atoms with van der Waals surface area (Å²) in [5.74, 6) is 0.923. The normalized spacial score (nSPS) is 10.6. The Morgan fingerprint density at radius 2 is 1.77 bits per heavy atom. The summed E-state index contributed by atoms with van der Waals surface area (Å²) < 4.78 is 20.5. The van der Waals surface area contributed by atoms with Gasteiger partial charge in [-0.25, -0.2) is 14.4 Å². The van der Waals surface area contributed by atoms with E-state index in [4.69, 9.17) is 10.00 Å². The second kappa shape index (κ2) is 9.19. The fraction of sp³-hybridized carbons (Fsp3) is 0.115. The first-order chi connectivity index (χ1) is 15.2. The molecule has 5 heteroatoms. The molecule has 0 N–H and O–H groups in total. The summed E-state index contributed by atoms with van der Waals surface area (Å²) in [6.45, 7) is 4.00. The van der Waals surface area contributed by atoms with E-state index in [9.17, 15) is 0 Å². The molecule has 0 fully saturated rings. The van der Waals surface area contributed by atoms with E-state index in [2.05, 4.69) is 22.6 Å². The van der Waals surface area contributed by atoms with Gasteiger partial charge in [0.1, 0.15) is 12.4 Å². The van der Waals surface area contributed by atoms with Crippen molar-refractivity contribution in [3.05, 3.63) is 102 Å². The molecule has 0 spiro atoms. The maximum Gasteiger partial charge on any atom is 0.159 e. The predicted octanol–water partition coefficient (Wildman–Crippen LogP) is 5.66. The third-order valence-electron chi connectivity index (χ3n) is 5.05. The monoisotopic (exact) mass is 409 g/mol. The molecule has 0 aliphatic heterocycles. The molecular weight excluding hydrogens is 389 g/mol. The van der Waals surface area contributed by atoms with Crippen molar-refractivity contribution in [3.8, 4) is 23.2 Å². The summed E-state index contributed by atoms with van der Waals surface area (Å²) >= 11 is 0. The van der Waals surface area contributed by atoms with Gasteiger partial charge in [0.15, 0.2) is 11.6 Å². The summed E-state index contributed by atoms with van der Waals surface area (Å²) in [5, 5.41) is 10.3. The highest BCUT2D eigenvalue weighted by atomic mass is 19.1. The Balaban J connectivity index is 1.53. The average Bonchev–Trinajstić information content (AvgIpc) is 2.83. The molecule has 4 rings (SSSR count). The zero-order valence-electron chi connectivity index (χ0n) is 16.9. The van der Waals surface area contributed by atoms with Crippen molar-refractivity contribution in [2.24, 2.45) is 0 Å². The minimum absolute atomic E-state index is 0.202. The van der Waals surface area contributed by atoms with E-state index >= 15 is 4.39 Å². The maximum absolute atomic E-state index is 15.1. The van der Waals surface area contributed by atoms with Gasteiger partial charge in [-0.2, -0.15) is 5.26 Å². The van der Waals surface area contributed by atoms with Crippen LogP contribution in [-0.2, 0) is 12.8 Å². The van der Waals surface area contributed by atoms with Crippen molar-refractivity contribution in [2.45, 2.75) is 12.8 Å². The quantitative estimate of drug-likeness (QED) is 0.370. The van der Waals surface area contributed by atoms with Gasteiger partial charge in [0.25, 0.3) is 0 Å². The molecule has 152 valence electrons. The number of hydrogen-bond donors (Lipinski definition) is 0. The molecule has 4 aromatic rings. The molecule has 3 aromatic carbocycles. The van der Waals surface area contributed by atoms with Crippen LogP contribution in [-0.4, -0.2) is 16.6 Å². The Morgan fingerprint density at radius 3 is 2.48 bits per heavy atom. The fourth-order valence-corrected chi connectivity index (χ4v) is 3.39. The Kier molecular flexibility index (Phi) is 6.00. The van der Waals surface area contributed by atoms with Crippen molar-refractivity contribution >= 4 is 10.8 Å². The number of nitriles is 1. The Morgan fingerprint density at radius 1 is 1.00 bits per heavy atom. The first-order valence-electron chi connectivity index (χ1n) is 9.94. The van der Waals surface area contributed by atoms with Crippen LogP contribution in [0.4, 0.5) is 4.39 Å². The van der Waals surface area contributed by atoms with E-state index in [0.717, 1.165) is 16.5 Å². The van der Waals surface area contributed by atoms with Gasteiger partial charge < -0.3 is 4.74 Å². The summed E-state index contributed by atoms with van der Waals surface area (Å²) in [6, 6.07) is 18.8. The lowest BCUT2D eigenvalue weighted by Crippen LogP contribution is -1.97. The maximum atomic E-state index is 15.1. The highest BCUT2D eigenvalue weighted by Gasteiger charge is 2.10. The number of hydrogen-bond acceptors (Lipinski definition) is 4. The zero-order valence-corrected chi connectivity index (χ0v) is 16.9. The van der Waals surface area contributed by atoms with Crippen LogP contribution < -0.4 is 4.74 Å². The Hall–Kier alpha value is -4.04. The number of aromatic nitrogens is 2. The van der Waals surface area contributed by atoms with E-state index in [1.807, 2.05) is 36.4 Å². The molecule has 0 saturated heterocycles. The number of aryl methyl sites for hydroxylation is 2. The van der Waals surface area contributed by atoms with E-state index < -0.39 is 0 Å². The molecule has 0 aliphatic rings. The van der Waals surface area contributed by atoms with Crippen LogP contribution in [0.25, 0.3) is 22.2 Å². The fourth-order valence-electron chi connectivity index (χ4n) is 3.39. The van der Waals surface area contributed by atoms with Crippen molar-refractivity contribution in [1.29, 1.82) is 5.26 Å². The number of benzene rings is 3. The minimum Gasteiger partial charge on any atom is -0.486 e. The van der Waals surface area contributed by atoms with Gasteiger partial charge >= 0.3 is 0 Å². The van der Waals surface area contributed by atoms with Gasteiger partial charge in [-0.05, 0) is 47.6 Å². The first kappa shape index (κ1) is 20.2. The number of nitrogens with zero attached hydrogens (tertiary/aromatic N) is 3. The Labute approximate surface area is 180 Å². The third-order valence-corrected chi connectivity index (χ3v) is 5.05. The van der Waals surface area contributed by atoms with Crippen molar-refractivity contribution in [3.63, 3.8) is 0 Å². The number of rotatable bonds is 7. The number of fused-ring (bicyclic) bond motifs is 1. The van der Waals surface area contributed by atoms with Crippen LogP contribution in [0, 0.1) is 17.1 Å². The van der Waals surface area contributed by atoms with Crippen LogP contribution in [0.3, 0.4) is 0 Å². The van der Waals surface area contributed by atoms with Crippen molar-refractivity contribution < 1.29 is 9.13 Å². The third kappa shape index (κ3) is 4.59. The lowest BCUT2D eigenvalue weighted by Gasteiger charge is -2.09.